The van der Waals surface area contributed by atoms with E-state index in [2.05, 4.69) is 0 Å². The van der Waals surface area contributed by atoms with Gasteiger partial charge in [-0.25, -0.2) is 0 Å². The second-order valence-corrected chi connectivity index (χ2v) is 4.94. The SMILES string of the molecule is CO[C@@H]1O[C@@H]2COC(c3ccccc3)O[C@@H]2[C@@H](O)[C@H]1O. The molecule has 0 aliphatic carbocycles. The summed E-state index contributed by atoms with van der Waals surface area (Å²) in [5, 5.41) is 20.1. The molecule has 2 aliphatic rings. The van der Waals surface area contributed by atoms with Gasteiger partial charge in [-0.2, -0.15) is 0 Å². The predicted molar refractivity (Wildman–Crippen MR) is 67.7 cm³/mol. The molecule has 20 heavy (non-hydrogen) atoms. The fourth-order valence-corrected chi connectivity index (χ4v) is 2.55. The van der Waals surface area contributed by atoms with Crippen LogP contribution in [-0.2, 0) is 18.9 Å². The minimum Gasteiger partial charge on any atom is -0.387 e. The van der Waals surface area contributed by atoms with Crippen molar-refractivity contribution in [3.63, 3.8) is 0 Å². The lowest BCUT2D eigenvalue weighted by Crippen LogP contribution is -2.62. The molecule has 2 saturated heterocycles. The zero-order valence-electron chi connectivity index (χ0n) is 11.1. The number of hydrogen-bond donors (Lipinski definition) is 2. The van der Waals surface area contributed by atoms with Crippen molar-refractivity contribution in [3.8, 4) is 0 Å². The third kappa shape index (κ3) is 2.46. The Bertz CT molecular complexity index is 437. The van der Waals surface area contributed by atoms with Crippen LogP contribution in [0.2, 0.25) is 0 Å². The van der Waals surface area contributed by atoms with E-state index in [0.717, 1.165) is 5.56 Å². The van der Waals surface area contributed by atoms with Gasteiger partial charge in [0, 0.05) is 12.7 Å². The molecule has 0 bridgehead atoms. The van der Waals surface area contributed by atoms with E-state index in [1.807, 2.05) is 30.3 Å². The van der Waals surface area contributed by atoms with Gasteiger partial charge in [0.2, 0.25) is 0 Å². The Labute approximate surface area is 116 Å². The Morgan fingerprint density at radius 1 is 1.10 bits per heavy atom. The third-order valence-electron chi connectivity index (χ3n) is 3.64. The summed E-state index contributed by atoms with van der Waals surface area (Å²) in [5.41, 5.74) is 0.863. The number of aliphatic hydroxyl groups excluding tert-OH is 2. The van der Waals surface area contributed by atoms with Crippen molar-refractivity contribution in [1.29, 1.82) is 0 Å². The molecule has 0 radical (unpaired) electrons. The monoisotopic (exact) mass is 282 g/mol. The van der Waals surface area contributed by atoms with E-state index < -0.39 is 37.0 Å². The maximum Gasteiger partial charge on any atom is 0.186 e. The van der Waals surface area contributed by atoms with Gasteiger partial charge in [-0.05, 0) is 0 Å². The lowest BCUT2D eigenvalue weighted by Gasteiger charge is -2.45. The predicted octanol–water partition coefficient (Wildman–Crippen LogP) is 0.194. The van der Waals surface area contributed by atoms with Gasteiger partial charge < -0.3 is 29.2 Å². The van der Waals surface area contributed by atoms with Crippen molar-refractivity contribution >= 4 is 0 Å². The molecule has 1 unspecified atom stereocenters. The summed E-state index contributed by atoms with van der Waals surface area (Å²) < 4.78 is 21.9. The molecule has 0 saturated carbocycles. The van der Waals surface area contributed by atoms with Gasteiger partial charge in [-0.15, -0.1) is 0 Å². The number of aliphatic hydroxyl groups is 2. The first-order valence-electron chi connectivity index (χ1n) is 6.57. The van der Waals surface area contributed by atoms with E-state index in [4.69, 9.17) is 18.9 Å². The summed E-state index contributed by atoms with van der Waals surface area (Å²) in [6.07, 6.45) is -4.76. The first-order valence-corrected chi connectivity index (χ1v) is 6.57. The van der Waals surface area contributed by atoms with E-state index in [1.54, 1.807) is 0 Å². The van der Waals surface area contributed by atoms with Crippen LogP contribution < -0.4 is 0 Å². The summed E-state index contributed by atoms with van der Waals surface area (Å²) in [5.74, 6) is 0. The van der Waals surface area contributed by atoms with Crippen LogP contribution in [0.15, 0.2) is 30.3 Å². The topological polar surface area (TPSA) is 77.4 Å². The number of hydrogen-bond acceptors (Lipinski definition) is 6. The molecule has 2 fully saturated rings. The summed E-state index contributed by atoms with van der Waals surface area (Å²) in [6, 6.07) is 9.45. The highest BCUT2D eigenvalue weighted by Crippen LogP contribution is 2.33. The van der Waals surface area contributed by atoms with Crippen molar-refractivity contribution in [2.24, 2.45) is 0 Å². The summed E-state index contributed by atoms with van der Waals surface area (Å²) in [7, 11) is 1.41. The number of methoxy groups -OCH3 is 1. The molecule has 1 aromatic carbocycles. The molecule has 3 rings (SSSR count). The fourth-order valence-electron chi connectivity index (χ4n) is 2.55. The van der Waals surface area contributed by atoms with E-state index in [0.29, 0.717) is 0 Å². The average molecular weight is 282 g/mol. The van der Waals surface area contributed by atoms with Crippen LogP contribution in [0, 0.1) is 0 Å². The number of rotatable bonds is 2. The van der Waals surface area contributed by atoms with Gasteiger partial charge in [0.15, 0.2) is 12.6 Å². The lowest BCUT2D eigenvalue weighted by molar-refractivity contribution is -0.358. The van der Waals surface area contributed by atoms with Crippen molar-refractivity contribution in [3.05, 3.63) is 35.9 Å². The van der Waals surface area contributed by atoms with Crippen molar-refractivity contribution in [2.45, 2.75) is 37.0 Å². The summed E-state index contributed by atoms with van der Waals surface area (Å²) >= 11 is 0. The van der Waals surface area contributed by atoms with Crippen LogP contribution >= 0.6 is 0 Å². The average Bonchev–Trinajstić information content (AvgIpc) is 2.51. The van der Waals surface area contributed by atoms with Crippen LogP contribution in [0.1, 0.15) is 11.9 Å². The Morgan fingerprint density at radius 2 is 1.85 bits per heavy atom. The van der Waals surface area contributed by atoms with Crippen molar-refractivity contribution in [2.75, 3.05) is 13.7 Å². The maximum atomic E-state index is 10.1. The van der Waals surface area contributed by atoms with E-state index in [-0.39, 0.29) is 6.61 Å². The Morgan fingerprint density at radius 3 is 2.55 bits per heavy atom. The minimum atomic E-state index is -1.14. The highest BCUT2D eigenvalue weighted by molar-refractivity contribution is 5.16. The summed E-state index contributed by atoms with van der Waals surface area (Å²) in [6.45, 7) is 0.272. The zero-order valence-corrected chi connectivity index (χ0v) is 11.1. The van der Waals surface area contributed by atoms with Gasteiger partial charge in [-0.3, -0.25) is 0 Å². The Balaban J connectivity index is 1.74. The zero-order chi connectivity index (χ0) is 14.1. The Hall–Kier alpha value is -1.02. The first-order chi connectivity index (χ1) is 9.70. The molecule has 1 aromatic rings. The van der Waals surface area contributed by atoms with Gasteiger partial charge >= 0.3 is 0 Å². The van der Waals surface area contributed by atoms with Crippen LogP contribution in [-0.4, -0.2) is 54.6 Å². The normalized spacial score (nSPS) is 41.1. The Kier molecular flexibility index (Phi) is 4.02. The minimum absolute atomic E-state index is 0.272. The van der Waals surface area contributed by atoms with Crippen LogP contribution in [0.3, 0.4) is 0 Å². The molecule has 0 spiro atoms. The third-order valence-corrected chi connectivity index (χ3v) is 3.64. The van der Waals surface area contributed by atoms with Gasteiger partial charge in [0.1, 0.15) is 24.4 Å². The number of ether oxygens (including phenoxy) is 4. The van der Waals surface area contributed by atoms with Gasteiger partial charge in [0.05, 0.1) is 6.61 Å². The molecule has 2 N–H and O–H groups in total. The standard InChI is InChI=1S/C14H18O6/c1-17-14-11(16)10(15)12-9(19-14)7-18-13(20-12)8-5-3-2-4-6-8/h2-6,9-16H,7H2,1H3/t9-,10+,11-,12+,13?,14-/m1/s1. The van der Waals surface area contributed by atoms with E-state index in [1.165, 1.54) is 7.11 Å². The van der Waals surface area contributed by atoms with E-state index in [9.17, 15) is 10.2 Å². The maximum absolute atomic E-state index is 10.1. The molecular formula is C14H18O6. The molecule has 6 heteroatoms. The molecule has 0 aromatic heterocycles. The molecular weight excluding hydrogens is 264 g/mol. The van der Waals surface area contributed by atoms with Gasteiger partial charge in [-0.1, -0.05) is 30.3 Å². The smallest absolute Gasteiger partial charge is 0.186 e. The van der Waals surface area contributed by atoms with Crippen molar-refractivity contribution in [1.82, 2.24) is 0 Å². The molecule has 6 atom stereocenters. The molecule has 6 nitrogen and oxygen atoms in total. The quantitative estimate of drug-likeness (QED) is 0.806. The van der Waals surface area contributed by atoms with Gasteiger partial charge in [0.25, 0.3) is 0 Å². The molecule has 110 valence electrons. The first kappa shape index (κ1) is 13.9. The number of fused-ring (bicyclic) bond motifs is 1. The molecule has 2 heterocycles. The fraction of sp³-hybridized carbons (Fsp3) is 0.571. The highest BCUT2D eigenvalue weighted by Gasteiger charge is 2.48. The second kappa shape index (κ2) is 5.77. The number of benzene rings is 1. The second-order valence-electron chi connectivity index (χ2n) is 4.94. The molecule has 0 amide bonds. The summed E-state index contributed by atoms with van der Waals surface area (Å²) in [4.78, 5) is 0. The lowest BCUT2D eigenvalue weighted by atomic mass is 9.98. The highest BCUT2D eigenvalue weighted by atomic mass is 16.7. The van der Waals surface area contributed by atoms with Crippen LogP contribution in [0.5, 0.6) is 0 Å². The largest absolute Gasteiger partial charge is 0.387 e. The van der Waals surface area contributed by atoms with E-state index >= 15 is 0 Å². The molecule has 2 aliphatic heterocycles. The van der Waals surface area contributed by atoms with Crippen LogP contribution in [0.4, 0.5) is 0 Å². The van der Waals surface area contributed by atoms with Crippen LogP contribution in [0.25, 0.3) is 0 Å². The van der Waals surface area contributed by atoms with Crippen molar-refractivity contribution < 1.29 is 29.2 Å².